The summed E-state index contributed by atoms with van der Waals surface area (Å²) < 4.78 is 5.02. The van der Waals surface area contributed by atoms with Crippen molar-refractivity contribution >= 4 is 11.8 Å². The number of ketones is 1. The maximum atomic E-state index is 12.8. The minimum atomic E-state index is -2.36. The van der Waals surface area contributed by atoms with E-state index in [0.717, 1.165) is 0 Å². The number of ether oxygens (including phenoxy) is 1. The lowest BCUT2D eigenvalue weighted by molar-refractivity contribution is -0.304. The molecule has 1 aliphatic carbocycles. The summed E-state index contributed by atoms with van der Waals surface area (Å²) in [5.74, 6) is -4.33. The highest BCUT2D eigenvalue weighted by Crippen LogP contribution is 2.36. The van der Waals surface area contributed by atoms with Gasteiger partial charge in [0, 0.05) is 17.1 Å². The van der Waals surface area contributed by atoms with Crippen LogP contribution in [0.2, 0.25) is 0 Å². The molecule has 2 rings (SSSR count). The van der Waals surface area contributed by atoms with Crippen LogP contribution in [0.5, 0.6) is 0 Å². The van der Waals surface area contributed by atoms with E-state index in [2.05, 4.69) is 4.89 Å². The summed E-state index contributed by atoms with van der Waals surface area (Å²) >= 11 is 0. The number of carbonyl (C=O) groups excluding carboxylic acids is 2. The predicted octanol–water partition coefficient (Wildman–Crippen LogP) is 2.44. The summed E-state index contributed by atoms with van der Waals surface area (Å²) in [6.45, 7) is 6.37. The van der Waals surface area contributed by atoms with E-state index in [1.54, 1.807) is 32.9 Å². The normalized spacial score (nSPS) is 40.9. The second-order valence-electron chi connectivity index (χ2n) is 7.93. The van der Waals surface area contributed by atoms with E-state index >= 15 is 0 Å². The summed E-state index contributed by atoms with van der Waals surface area (Å²) in [6.07, 6.45) is 7.72. The van der Waals surface area contributed by atoms with Crippen LogP contribution in [0, 0.1) is 5.92 Å². The molecule has 0 aromatic heterocycles. The molecule has 7 nitrogen and oxygen atoms in total. The van der Waals surface area contributed by atoms with E-state index in [1.165, 1.54) is 19.1 Å². The van der Waals surface area contributed by atoms with E-state index in [1.807, 2.05) is 0 Å². The lowest BCUT2D eigenvalue weighted by Crippen LogP contribution is -2.44. The molecule has 150 valence electrons. The van der Waals surface area contributed by atoms with Gasteiger partial charge in [-0.15, -0.1) is 0 Å². The number of rotatable bonds is 1. The Bertz CT molecular complexity index is 703. The maximum absolute atomic E-state index is 12.8. The van der Waals surface area contributed by atoms with Gasteiger partial charge in [-0.3, -0.25) is 10.1 Å². The fraction of sp³-hybridized carbons (Fsp3) is 0.600. The number of carbonyl (C=O) groups is 2. The third-order valence-corrected chi connectivity index (χ3v) is 5.23. The quantitative estimate of drug-likeness (QED) is 0.277. The first-order chi connectivity index (χ1) is 12.4. The molecule has 1 aliphatic heterocycles. The SMILES string of the molecule is CC1=C2/C=C/C(C)(O)C/C=C/[C@@](C)(OO)CCCC(C)C(=O)C2(O)OC1=O. The average Bonchev–Trinajstić information content (AvgIpc) is 2.81. The Hall–Kier alpha value is -1.80. The number of esters is 1. The van der Waals surface area contributed by atoms with Gasteiger partial charge in [0.25, 0.3) is 5.79 Å². The summed E-state index contributed by atoms with van der Waals surface area (Å²) in [4.78, 5) is 29.4. The maximum Gasteiger partial charge on any atom is 0.337 e. The zero-order chi connectivity index (χ0) is 20.5. The molecule has 4 atom stereocenters. The average molecular weight is 380 g/mol. The molecular formula is C20H28O7. The number of hydrogen-bond donors (Lipinski definition) is 3. The third kappa shape index (κ3) is 4.55. The summed E-state index contributed by atoms with van der Waals surface area (Å²) in [7, 11) is 0. The van der Waals surface area contributed by atoms with Gasteiger partial charge >= 0.3 is 5.97 Å². The number of aliphatic hydroxyl groups is 2. The Morgan fingerprint density at radius 1 is 1.22 bits per heavy atom. The van der Waals surface area contributed by atoms with E-state index in [9.17, 15) is 25.1 Å². The van der Waals surface area contributed by atoms with Crippen molar-refractivity contribution in [3.05, 3.63) is 35.5 Å². The van der Waals surface area contributed by atoms with Gasteiger partial charge in [-0.25, -0.2) is 9.68 Å². The van der Waals surface area contributed by atoms with Gasteiger partial charge in [0.15, 0.2) is 0 Å². The van der Waals surface area contributed by atoms with Crippen molar-refractivity contribution < 1.29 is 34.7 Å². The molecule has 0 radical (unpaired) electrons. The highest BCUT2D eigenvalue weighted by atomic mass is 17.1. The largest absolute Gasteiger partial charge is 0.417 e. The molecule has 0 fully saturated rings. The predicted molar refractivity (Wildman–Crippen MR) is 97.4 cm³/mol. The van der Waals surface area contributed by atoms with Crippen LogP contribution in [0.15, 0.2) is 35.5 Å². The molecule has 0 aromatic rings. The Kier molecular flexibility index (Phi) is 6.11. The molecule has 2 aliphatic rings. The Morgan fingerprint density at radius 2 is 1.89 bits per heavy atom. The molecule has 0 bridgehead atoms. The van der Waals surface area contributed by atoms with Crippen LogP contribution in [0.25, 0.3) is 0 Å². The van der Waals surface area contributed by atoms with E-state index in [4.69, 9.17) is 4.74 Å². The van der Waals surface area contributed by atoms with Gasteiger partial charge in [0.05, 0.1) is 5.60 Å². The lowest BCUT2D eigenvalue weighted by Gasteiger charge is -2.28. The van der Waals surface area contributed by atoms with Gasteiger partial charge in [0.2, 0.25) is 5.78 Å². The van der Waals surface area contributed by atoms with Crippen molar-refractivity contribution in [2.45, 2.75) is 70.4 Å². The second kappa shape index (κ2) is 7.67. The van der Waals surface area contributed by atoms with Crippen molar-refractivity contribution in [3.8, 4) is 0 Å². The van der Waals surface area contributed by atoms with Crippen LogP contribution in [0.3, 0.4) is 0 Å². The molecule has 0 spiro atoms. The Morgan fingerprint density at radius 3 is 2.52 bits per heavy atom. The smallest absolute Gasteiger partial charge is 0.337 e. The van der Waals surface area contributed by atoms with E-state index in [0.29, 0.717) is 19.3 Å². The zero-order valence-corrected chi connectivity index (χ0v) is 16.2. The van der Waals surface area contributed by atoms with E-state index < -0.39 is 34.7 Å². The minimum absolute atomic E-state index is 0.0502. The monoisotopic (exact) mass is 380 g/mol. The van der Waals surface area contributed by atoms with Crippen molar-refractivity contribution in [1.82, 2.24) is 0 Å². The molecular weight excluding hydrogens is 352 g/mol. The molecule has 0 saturated heterocycles. The van der Waals surface area contributed by atoms with Crippen LogP contribution < -0.4 is 0 Å². The van der Waals surface area contributed by atoms with Gasteiger partial charge in [-0.05, 0) is 46.5 Å². The van der Waals surface area contributed by atoms with Crippen molar-refractivity contribution in [3.63, 3.8) is 0 Å². The molecule has 0 saturated carbocycles. The Balaban J connectivity index is 2.46. The van der Waals surface area contributed by atoms with Gasteiger partial charge in [0.1, 0.15) is 5.60 Å². The van der Waals surface area contributed by atoms with Crippen LogP contribution in [-0.2, 0) is 19.2 Å². The van der Waals surface area contributed by atoms with Crippen molar-refractivity contribution in [2.24, 2.45) is 5.92 Å². The van der Waals surface area contributed by atoms with Gasteiger partial charge in [-0.2, -0.15) is 0 Å². The molecule has 0 aromatic carbocycles. The van der Waals surface area contributed by atoms with Crippen LogP contribution in [-0.4, -0.2) is 44.2 Å². The lowest BCUT2D eigenvalue weighted by atomic mass is 9.86. The first kappa shape index (κ1) is 21.5. The van der Waals surface area contributed by atoms with Crippen LogP contribution in [0.1, 0.15) is 53.4 Å². The highest BCUT2D eigenvalue weighted by Gasteiger charge is 2.51. The van der Waals surface area contributed by atoms with Gasteiger partial charge < -0.3 is 14.9 Å². The molecule has 3 unspecified atom stereocenters. The first-order valence-electron chi connectivity index (χ1n) is 9.07. The molecule has 1 heterocycles. The fourth-order valence-electron chi connectivity index (χ4n) is 3.31. The zero-order valence-electron chi connectivity index (χ0n) is 16.2. The highest BCUT2D eigenvalue weighted by molar-refractivity contribution is 6.02. The standard InChI is InChI=1S/C20H28O7/c1-13-7-5-10-19(4,27-25)11-6-9-18(3,23)12-8-15-14(2)17(22)26-20(15,24)16(13)21/h6,8,11-13,23-25H,5,7,9-10H2,1-4H3/b11-6+,12-8+/t13?,18?,19-,20?/m0/s1. The van der Waals surface area contributed by atoms with Crippen molar-refractivity contribution in [1.29, 1.82) is 0 Å². The molecule has 7 heteroatoms. The number of Topliss-reactive ketones (excluding diaryl/α,β-unsaturated/α-hetero) is 1. The number of fused-ring (bicyclic) bond motifs is 1. The molecule has 0 amide bonds. The minimum Gasteiger partial charge on any atom is -0.417 e. The Labute approximate surface area is 158 Å². The van der Waals surface area contributed by atoms with Crippen LogP contribution >= 0.6 is 0 Å². The molecule has 3 N–H and O–H groups in total. The van der Waals surface area contributed by atoms with E-state index in [-0.39, 0.29) is 17.6 Å². The molecule has 27 heavy (non-hydrogen) atoms. The van der Waals surface area contributed by atoms with Gasteiger partial charge in [-0.1, -0.05) is 31.2 Å². The first-order valence-corrected chi connectivity index (χ1v) is 9.07. The summed E-state index contributed by atoms with van der Waals surface area (Å²) in [5.41, 5.74) is -2.08. The topological polar surface area (TPSA) is 113 Å². The summed E-state index contributed by atoms with van der Waals surface area (Å²) in [5, 5.41) is 30.6. The fourth-order valence-corrected chi connectivity index (χ4v) is 3.31. The summed E-state index contributed by atoms with van der Waals surface area (Å²) in [6, 6.07) is 0. The third-order valence-electron chi connectivity index (χ3n) is 5.23. The number of hydrogen-bond acceptors (Lipinski definition) is 7. The van der Waals surface area contributed by atoms with Crippen molar-refractivity contribution in [2.75, 3.05) is 0 Å². The van der Waals surface area contributed by atoms with Crippen LogP contribution in [0.4, 0.5) is 0 Å². The second-order valence-corrected chi connectivity index (χ2v) is 7.93.